The number of benzene rings is 2. The SMILES string of the molecule is COc1cccc(S(=O)(=O)N[C@H]2C=C[C@@H](CC(=O)NC3Cc4ccccc4C3)O[C@@H]2CO)c1. The molecule has 0 aromatic heterocycles. The number of carbonyl (C=O) groups is 1. The van der Waals surface area contributed by atoms with Crippen molar-refractivity contribution in [3.63, 3.8) is 0 Å². The fourth-order valence-corrected chi connectivity index (χ4v) is 5.51. The molecule has 1 amide bonds. The topological polar surface area (TPSA) is 114 Å². The lowest BCUT2D eigenvalue weighted by molar-refractivity contribution is -0.125. The number of hydrogen-bond acceptors (Lipinski definition) is 6. The molecule has 0 radical (unpaired) electrons. The highest BCUT2D eigenvalue weighted by Crippen LogP contribution is 2.23. The summed E-state index contributed by atoms with van der Waals surface area (Å²) in [5.74, 6) is 0.276. The van der Waals surface area contributed by atoms with Crippen LogP contribution >= 0.6 is 0 Å². The minimum atomic E-state index is -3.87. The zero-order valence-corrected chi connectivity index (χ0v) is 19.1. The molecule has 1 heterocycles. The summed E-state index contributed by atoms with van der Waals surface area (Å²) in [6.07, 6.45) is 3.62. The Bertz CT molecular complexity index is 1110. The molecular formula is C24H28N2O6S. The zero-order valence-electron chi connectivity index (χ0n) is 18.3. The Kier molecular flexibility index (Phi) is 7.14. The van der Waals surface area contributed by atoms with Gasteiger partial charge in [-0.15, -0.1) is 0 Å². The molecule has 2 aromatic carbocycles. The predicted molar refractivity (Wildman–Crippen MR) is 122 cm³/mol. The fourth-order valence-electron chi connectivity index (χ4n) is 4.26. The van der Waals surface area contributed by atoms with Gasteiger partial charge in [-0.1, -0.05) is 42.5 Å². The van der Waals surface area contributed by atoms with Gasteiger partial charge in [0.2, 0.25) is 15.9 Å². The third kappa shape index (κ3) is 5.62. The van der Waals surface area contributed by atoms with E-state index in [4.69, 9.17) is 9.47 Å². The first kappa shape index (κ1) is 23.4. The molecule has 0 saturated carbocycles. The van der Waals surface area contributed by atoms with Gasteiger partial charge in [-0.3, -0.25) is 4.79 Å². The van der Waals surface area contributed by atoms with Crippen LogP contribution in [0.4, 0.5) is 0 Å². The number of fused-ring (bicyclic) bond motifs is 1. The van der Waals surface area contributed by atoms with E-state index >= 15 is 0 Å². The smallest absolute Gasteiger partial charge is 0.241 e. The molecule has 176 valence electrons. The molecular weight excluding hydrogens is 444 g/mol. The van der Waals surface area contributed by atoms with Crippen LogP contribution in [-0.2, 0) is 32.4 Å². The molecule has 1 aliphatic heterocycles. The Morgan fingerprint density at radius 2 is 1.85 bits per heavy atom. The van der Waals surface area contributed by atoms with Gasteiger partial charge in [0.1, 0.15) is 11.9 Å². The average Bonchev–Trinajstić information content (AvgIpc) is 3.22. The number of rotatable bonds is 8. The maximum Gasteiger partial charge on any atom is 0.241 e. The van der Waals surface area contributed by atoms with Gasteiger partial charge < -0.3 is 19.9 Å². The molecule has 2 aliphatic rings. The summed E-state index contributed by atoms with van der Waals surface area (Å²) < 4.78 is 39.0. The van der Waals surface area contributed by atoms with Crippen molar-refractivity contribution >= 4 is 15.9 Å². The highest BCUT2D eigenvalue weighted by molar-refractivity contribution is 7.89. The van der Waals surface area contributed by atoms with Crippen LogP contribution in [0.15, 0.2) is 65.6 Å². The summed E-state index contributed by atoms with van der Waals surface area (Å²) in [4.78, 5) is 12.6. The van der Waals surface area contributed by atoms with Crippen molar-refractivity contribution in [3.05, 3.63) is 71.8 Å². The van der Waals surface area contributed by atoms with E-state index < -0.39 is 34.9 Å². The van der Waals surface area contributed by atoms with E-state index in [0.29, 0.717) is 5.75 Å². The molecule has 0 fully saturated rings. The van der Waals surface area contributed by atoms with Gasteiger partial charge in [-0.05, 0) is 36.1 Å². The molecule has 0 spiro atoms. The molecule has 2 aromatic rings. The Hall–Kier alpha value is -2.72. The molecule has 9 heteroatoms. The Morgan fingerprint density at radius 1 is 1.12 bits per heavy atom. The average molecular weight is 473 g/mol. The van der Waals surface area contributed by atoms with Crippen molar-refractivity contribution in [2.45, 2.75) is 48.4 Å². The van der Waals surface area contributed by atoms with E-state index in [-0.39, 0.29) is 23.3 Å². The van der Waals surface area contributed by atoms with Crippen molar-refractivity contribution in [1.82, 2.24) is 10.0 Å². The van der Waals surface area contributed by atoms with Crippen LogP contribution in [0.5, 0.6) is 5.75 Å². The first-order chi connectivity index (χ1) is 15.9. The number of ether oxygens (including phenoxy) is 2. The molecule has 0 bridgehead atoms. The third-order valence-electron chi connectivity index (χ3n) is 5.91. The van der Waals surface area contributed by atoms with Crippen LogP contribution in [0.25, 0.3) is 0 Å². The maximum absolute atomic E-state index is 12.8. The molecule has 1 aliphatic carbocycles. The summed E-state index contributed by atoms with van der Waals surface area (Å²) in [6, 6.07) is 13.5. The summed E-state index contributed by atoms with van der Waals surface area (Å²) in [6.45, 7) is -0.397. The number of carbonyl (C=O) groups excluding carboxylic acids is 1. The van der Waals surface area contributed by atoms with Crippen molar-refractivity contribution in [2.75, 3.05) is 13.7 Å². The second-order valence-corrected chi connectivity index (χ2v) is 9.97. The fraction of sp³-hybridized carbons (Fsp3) is 0.375. The normalized spacial score (nSPS) is 22.7. The number of sulfonamides is 1. The largest absolute Gasteiger partial charge is 0.497 e. The predicted octanol–water partition coefficient (Wildman–Crippen LogP) is 1.33. The number of methoxy groups -OCH3 is 1. The molecule has 0 saturated heterocycles. The van der Waals surface area contributed by atoms with Crippen molar-refractivity contribution in [1.29, 1.82) is 0 Å². The van der Waals surface area contributed by atoms with E-state index in [1.807, 2.05) is 12.1 Å². The van der Waals surface area contributed by atoms with E-state index in [1.54, 1.807) is 24.3 Å². The van der Waals surface area contributed by atoms with Gasteiger partial charge in [0.15, 0.2) is 0 Å². The van der Waals surface area contributed by atoms with Crippen LogP contribution in [0.2, 0.25) is 0 Å². The first-order valence-corrected chi connectivity index (χ1v) is 12.3. The van der Waals surface area contributed by atoms with Crippen LogP contribution in [0.1, 0.15) is 17.5 Å². The van der Waals surface area contributed by atoms with Gasteiger partial charge in [0.25, 0.3) is 0 Å². The lowest BCUT2D eigenvalue weighted by Gasteiger charge is -2.31. The summed E-state index contributed by atoms with van der Waals surface area (Å²) >= 11 is 0. The molecule has 33 heavy (non-hydrogen) atoms. The lowest BCUT2D eigenvalue weighted by atomic mass is 10.1. The molecule has 3 atom stereocenters. The number of amides is 1. The Labute approximate surface area is 193 Å². The number of hydrogen-bond donors (Lipinski definition) is 3. The second-order valence-electron chi connectivity index (χ2n) is 8.25. The quantitative estimate of drug-likeness (QED) is 0.500. The van der Waals surface area contributed by atoms with Crippen LogP contribution in [0.3, 0.4) is 0 Å². The second kappa shape index (κ2) is 10.0. The van der Waals surface area contributed by atoms with Crippen LogP contribution < -0.4 is 14.8 Å². The summed E-state index contributed by atoms with van der Waals surface area (Å²) in [7, 11) is -2.41. The monoisotopic (exact) mass is 472 g/mol. The lowest BCUT2D eigenvalue weighted by Crippen LogP contribution is -2.49. The summed E-state index contributed by atoms with van der Waals surface area (Å²) in [5.41, 5.74) is 2.51. The Morgan fingerprint density at radius 3 is 2.52 bits per heavy atom. The van der Waals surface area contributed by atoms with Crippen molar-refractivity contribution in [3.8, 4) is 5.75 Å². The standard InChI is InChI=1S/C24H28N2O6S/c1-31-19-7-4-8-21(13-19)33(29,30)26-22-10-9-20(32-23(22)15-27)14-24(28)25-18-11-16-5-2-3-6-17(16)12-18/h2-10,13,18,20,22-23,26-27H,11-12,14-15H2,1H3,(H,25,28)/t20-,22-,23+/m0/s1. The number of aliphatic hydroxyl groups excluding tert-OH is 1. The van der Waals surface area contributed by atoms with Crippen molar-refractivity contribution < 1.29 is 27.8 Å². The first-order valence-electron chi connectivity index (χ1n) is 10.8. The third-order valence-corrected chi connectivity index (χ3v) is 7.37. The molecule has 4 rings (SSSR count). The van der Waals surface area contributed by atoms with Gasteiger partial charge in [-0.25, -0.2) is 13.1 Å². The minimum absolute atomic E-state index is 0.0472. The summed E-state index contributed by atoms with van der Waals surface area (Å²) in [5, 5.41) is 12.8. The number of nitrogens with one attached hydrogen (secondary N) is 2. The van der Waals surface area contributed by atoms with Crippen LogP contribution in [-0.4, -0.2) is 57.4 Å². The number of aliphatic hydroxyl groups is 1. The Balaban J connectivity index is 1.35. The molecule has 0 unspecified atom stereocenters. The maximum atomic E-state index is 12.8. The van der Waals surface area contributed by atoms with Crippen molar-refractivity contribution in [2.24, 2.45) is 0 Å². The van der Waals surface area contributed by atoms with Crippen LogP contribution in [0, 0.1) is 0 Å². The van der Waals surface area contributed by atoms with E-state index in [9.17, 15) is 18.3 Å². The molecule has 8 nitrogen and oxygen atoms in total. The van der Waals surface area contributed by atoms with Gasteiger partial charge in [-0.2, -0.15) is 0 Å². The van der Waals surface area contributed by atoms with Gasteiger partial charge in [0.05, 0.1) is 37.2 Å². The van der Waals surface area contributed by atoms with Gasteiger partial charge in [0, 0.05) is 12.1 Å². The highest BCUT2D eigenvalue weighted by atomic mass is 32.2. The van der Waals surface area contributed by atoms with E-state index in [2.05, 4.69) is 22.2 Å². The minimum Gasteiger partial charge on any atom is -0.497 e. The van der Waals surface area contributed by atoms with Gasteiger partial charge >= 0.3 is 0 Å². The van der Waals surface area contributed by atoms with E-state index in [1.165, 1.54) is 30.4 Å². The zero-order chi connectivity index (χ0) is 23.4. The highest BCUT2D eigenvalue weighted by Gasteiger charge is 2.32. The van der Waals surface area contributed by atoms with E-state index in [0.717, 1.165) is 12.8 Å². The molecule has 3 N–H and O–H groups in total.